The first-order chi connectivity index (χ1) is 7.84. The largest absolute Gasteiger partial charge is 0.378 e. The van der Waals surface area contributed by atoms with Crippen LogP contribution in [-0.4, -0.2) is 24.7 Å². The number of carbonyl (C=O) groups is 1. The van der Waals surface area contributed by atoms with Crippen molar-refractivity contribution in [2.24, 2.45) is 0 Å². The Morgan fingerprint density at radius 1 is 1.06 bits per heavy atom. The third kappa shape index (κ3) is 3.78. The number of rotatable bonds is 3. The third-order valence-electron chi connectivity index (χ3n) is 3.66. The lowest BCUT2D eigenvalue weighted by atomic mass is 10.1. The van der Waals surface area contributed by atoms with Crippen LogP contribution in [-0.2, 0) is 9.53 Å². The van der Waals surface area contributed by atoms with Crippen molar-refractivity contribution in [2.75, 3.05) is 6.61 Å². The maximum Gasteiger partial charge on any atom is 0.222 e. The van der Waals surface area contributed by atoms with Crippen LogP contribution in [0.25, 0.3) is 0 Å². The van der Waals surface area contributed by atoms with Gasteiger partial charge in [0.15, 0.2) is 0 Å². The average Bonchev–Trinajstić information content (AvgIpc) is 2.62. The average molecular weight is 225 g/mol. The van der Waals surface area contributed by atoms with Gasteiger partial charge in [0.2, 0.25) is 5.91 Å². The number of ether oxygens (including phenoxy) is 1. The van der Waals surface area contributed by atoms with Gasteiger partial charge in [0.05, 0.1) is 12.5 Å². The van der Waals surface area contributed by atoms with Crippen molar-refractivity contribution in [3.63, 3.8) is 0 Å². The Morgan fingerprint density at radius 3 is 2.44 bits per heavy atom. The van der Waals surface area contributed by atoms with Gasteiger partial charge in [-0.05, 0) is 25.7 Å². The number of hydrogen-bond donors (Lipinski definition) is 1. The first-order valence-corrected chi connectivity index (χ1v) is 6.75. The van der Waals surface area contributed by atoms with Crippen LogP contribution in [0, 0.1) is 0 Å². The highest BCUT2D eigenvalue weighted by atomic mass is 16.5. The van der Waals surface area contributed by atoms with Gasteiger partial charge in [-0.2, -0.15) is 0 Å². The second kappa shape index (κ2) is 6.24. The summed E-state index contributed by atoms with van der Waals surface area (Å²) in [5, 5.41) is 3.17. The zero-order valence-corrected chi connectivity index (χ0v) is 10.0. The zero-order valence-electron chi connectivity index (χ0n) is 10.0. The lowest BCUT2D eigenvalue weighted by molar-refractivity contribution is -0.124. The van der Waals surface area contributed by atoms with Crippen LogP contribution >= 0.6 is 0 Å². The van der Waals surface area contributed by atoms with Gasteiger partial charge >= 0.3 is 0 Å². The Labute approximate surface area is 97.9 Å². The van der Waals surface area contributed by atoms with E-state index in [2.05, 4.69) is 5.32 Å². The van der Waals surface area contributed by atoms with Crippen LogP contribution in [0.5, 0.6) is 0 Å². The Balaban J connectivity index is 1.68. The molecule has 1 atom stereocenters. The molecular weight excluding hydrogens is 202 g/mol. The molecule has 1 amide bonds. The first-order valence-electron chi connectivity index (χ1n) is 6.75. The molecule has 0 bridgehead atoms. The van der Waals surface area contributed by atoms with Gasteiger partial charge in [-0.3, -0.25) is 4.79 Å². The van der Waals surface area contributed by atoms with E-state index >= 15 is 0 Å². The Kier molecular flexibility index (Phi) is 4.64. The Hall–Kier alpha value is -0.570. The molecule has 0 radical (unpaired) electrons. The van der Waals surface area contributed by atoms with E-state index in [4.69, 9.17) is 4.74 Å². The molecule has 16 heavy (non-hydrogen) atoms. The minimum absolute atomic E-state index is 0.186. The van der Waals surface area contributed by atoms with E-state index in [9.17, 15) is 4.79 Å². The molecule has 0 spiro atoms. The van der Waals surface area contributed by atoms with Gasteiger partial charge in [-0.25, -0.2) is 0 Å². The van der Waals surface area contributed by atoms with Crippen molar-refractivity contribution in [1.29, 1.82) is 0 Å². The van der Waals surface area contributed by atoms with Gasteiger partial charge in [0, 0.05) is 12.6 Å². The summed E-state index contributed by atoms with van der Waals surface area (Å²) < 4.78 is 5.48. The number of hydrogen-bond acceptors (Lipinski definition) is 2. The molecular formula is C13H23NO2. The topological polar surface area (TPSA) is 38.3 Å². The van der Waals surface area contributed by atoms with Crippen LogP contribution in [0.15, 0.2) is 0 Å². The summed E-state index contributed by atoms with van der Waals surface area (Å²) in [6, 6.07) is 0.427. The molecule has 2 rings (SSSR count). The highest BCUT2D eigenvalue weighted by molar-refractivity contribution is 5.76. The van der Waals surface area contributed by atoms with Crippen LogP contribution in [0.1, 0.15) is 57.8 Å². The second-order valence-corrected chi connectivity index (χ2v) is 5.10. The van der Waals surface area contributed by atoms with E-state index < -0.39 is 0 Å². The molecule has 2 aliphatic rings. The fraction of sp³-hybridized carbons (Fsp3) is 0.923. The molecule has 1 heterocycles. The van der Waals surface area contributed by atoms with Crippen molar-refractivity contribution in [3.05, 3.63) is 0 Å². The summed E-state index contributed by atoms with van der Waals surface area (Å²) in [4.78, 5) is 11.8. The van der Waals surface area contributed by atoms with Crippen LogP contribution in [0.2, 0.25) is 0 Å². The fourth-order valence-corrected chi connectivity index (χ4v) is 2.72. The van der Waals surface area contributed by atoms with Crippen molar-refractivity contribution < 1.29 is 9.53 Å². The summed E-state index contributed by atoms with van der Waals surface area (Å²) in [6.45, 7) is 0.835. The predicted octanol–water partition coefficient (Wildman–Crippen LogP) is 2.39. The molecule has 0 aromatic carbocycles. The molecule has 1 saturated carbocycles. The van der Waals surface area contributed by atoms with E-state index in [1.54, 1.807) is 0 Å². The minimum Gasteiger partial charge on any atom is -0.378 e. The molecule has 1 aliphatic heterocycles. The maximum absolute atomic E-state index is 11.8. The summed E-state index contributed by atoms with van der Waals surface area (Å²) in [5.74, 6) is 0.193. The smallest absolute Gasteiger partial charge is 0.222 e. The molecule has 1 saturated heterocycles. The van der Waals surface area contributed by atoms with Crippen LogP contribution < -0.4 is 5.32 Å². The van der Waals surface area contributed by atoms with Crippen molar-refractivity contribution in [3.8, 4) is 0 Å². The summed E-state index contributed by atoms with van der Waals surface area (Å²) in [6.07, 6.45) is 10.4. The third-order valence-corrected chi connectivity index (χ3v) is 3.66. The Bertz CT molecular complexity index is 216. The van der Waals surface area contributed by atoms with Gasteiger partial charge in [0.1, 0.15) is 0 Å². The van der Waals surface area contributed by atoms with E-state index in [-0.39, 0.29) is 12.0 Å². The second-order valence-electron chi connectivity index (χ2n) is 5.10. The van der Waals surface area contributed by atoms with Crippen molar-refractivity contribution >= 4 is 5.91 Å². The minimum atomic E-state index is 0.186. The lowest BCUT2D eigenvalue weighted by Gasteiger charge is -2.17. The maximum atomic E-state index is 11.8. The van der Waals surface area contributed by atoms with E-state index in [0.717, 1.165) is 32.3 Å². The van der Waals surface area contributed by atoms with E-state index in [1.165, 1.54) is 25.7 Å². The van der Waals surface area contributed by atoms with E-state index in [0.29, 0.717) is 12.5 Å². The number of carbonyl (C=O) groups excluding carboxylic acids is 1. The van der Waals surface area contributed by atoms with Gasteiger partial charge in [0.25, 0.3) is 0 Å². The monoisotopic (exact) mass is 225 g/mol. The van der Waals surface area contributed by atoms with Crippen molar-refractivity contribution in [2.45, 2.75) is 69.9 Å². The highest BCUT2D eigenvalue weighted by Gasteiger charge is 2.21. The lowest BCUT2D eigenvalue weighted by Crippen LogP contribution is -2.36. The summed E-state index contributed by atoms with van der Waals surface area (Å²) in [5.41, 5.74) is 0. The highest BCUT2D eigenvalue weighted by Crippen LogP contribution is 2.18. The quantitative estimate of drug-likeness (QED) is 0.749. The summed E-state index contributed by atoms with van der Waals surface area (Å²) in [7, 11) is 0. The molecule has 1 aliphatic carbocycles. The van der Waals surface area contributed by atoms with Crippen molar-refractivity contribution in [1.82, 2.24) is 5.32 Å². The van der Waals surface area contributed by atoms with Gasteiger partial charge in [-0.1, -0.05) is 25.7 Å². The fourth-order valence-electron chi connectivity index (χ4n) is 2.72. The summed E-state index contributed by atoms with van der Waals surface area (Å²) >= 11 is 0. The molecule has 1 unspecified atom stereocenters. The van der Waals surface area contributed by atoms with E-state index in [1.807, 2.05) is 0 Å². The standard InChI is InChI=1S/C13H23NO2/c15-13(10-12-8-5-9-16-12)14-11-6-3-1-2-4-7-11/h11-12H,1-10H2,(H,14,15). The molecule has 3 nitrogen and oxygen atoms in total. The first kappa shape index (κ1) is 11.9. The normalized spacial score (nSPS) is 27.6. The van der Waals surface area contributed by atoms with Crippen LogP contribution in [0.3, 0.4) is 0 Å². The molecule has 1 N–H and O–H groups in total. The molecule has 3 heteroatoms. The number of amides is 1. The Morgan fingerprint density at radius 2 is 1.81 bits per heavy atom. The van der Waals surface area contributed by atoms with Crippen LogP contribution in [0.4, 0.5) is 0 Å². The predicted molar refractivity (Wildman–Crippen MR) is 63.2 cm³/mol. The molecule has 0 aromatic heterocycles. The molecule has 92 valence electrons. The molecule has 0 aromatic rings. The van der Waals surface area contributed by atoms with Gasteiger partial charge < -0.3 is 10.1 Å². The number of nitrogens with one attached hydrogen (secondary N) is 1. The van der Waals surface area contributed by atoms with Gasteiger partial charge in [-0.15, -0.1) is 0 Å². The SMILES string of the molecule is O=C(CC1CCCO1)NC1CCCCCC1. The molecule has 2 fully saturated rings. The zero-order chi connectivity index (χ0) is 11.2.